The van der Waals surface area contributed by atoms with Crippen LogP contribution < -0.4 is 0 Å². The standard InChI is InChI=1S/C22H44O5Si2/c1-16(23)24-19-15-18(27-29(10,11)21(5,6)7)22(25-19)14-12-13-17(22)26-28(8,9)20(2,3)4/h17-19H,12-15H2,1-11H3/t17-,18-,19?,22-/m1/s1. The van der Waals surface area contributed by atoms with Crippen molar-refractivity contribution in [1.82, 2.24) is 0 Å². The van der Waals surface area contributed by atoms with E-state index in [0.717, 1.165) is 19.3 Å². The van der Waals surface area contributed by atoms with Gasteiger partial charge in [0.1, 0.15) is 5.60 Å². The molecule has 0 amide bonds. The predicted molar refractivity (Wildman–Crippen MR) is 122 cm³/mol. The van der Waals surface area contributed by atoms with Crippen molar-refractivity contribution < 1.29 is 23.1 Å². The summed E-state index contributed by atoms with van der Waals surface area (Å²) in [5, 5.41) is 0.225. The molecule has 0 aromatic rings. The van der Waals surface area contributed by atoms with Gasteiger partial charge in [0.2, 0.25) is 6.29 Å². The molecule has 1 aliphatic heterocycles. The molecular weight excluding hydrogens is 400 g/mol. The molecular formula is C22H44O5Si2. The van der Waals surface area contributed by atoms with E-state index in [0.29, 0.717) is 6.42 Å². The molecule has 170 valence electrons. The van der Waals surface area contributed by atoms with Crippen molar-refractivity contribution in [2.24, 2.45) is 0 Å². The van der Waals surface area contributed by atoms with Crippen molar-refractivity contribution in [2.45, 2.75) is 135 Å². The number of hydrogen-bond donors (Lipinski definition) is 0. The summed E-state index contributed by atoms with van der Waals surface area (Å²) < 4.78 is 25.8. The van der Waals surface area contributed by atoms with Crippen LogP contribution in [-0.4, -0.2) is 46.7 Å². The highest BCUT2D eigenvalue weighted by atomic mass is 28.4. The van der Waals surface area contributed by atoms with Crippen molar-refractivity contribution in [1.29, 1.82) is 0 Å². The number of hydrogen-bond acceptors (Lipinski definition) is 5. The lowest BCUT2D eigenvalue weighted by Gasteiger charge is -2.46. The molecule has 1 spiro atoms. The summed E-state index contributed by atoms with van der Waals surface area (Å²) in [6.45, 7) is 24.1. The van der Waals surface area contributed by atoms with Crippen LogP contribution in [0.15, 0.2) is 0 Å². The van der Waals surface area contributed by atoms with Gasteiger partial charge in [-0.2, -0.15) is 0 Å². The zero-order valence-electron chi connectivity index (χ0n) is 20.6. The summed E-state index contributed by atoms with van der Waals surface area (Å²) in [4.78, 5) is 11.6. The highest BCUT2D eigenvalue weighted by Gasteiger charge is 2.61. The summed E-state index contributed by atoms with van der Waals surface area (Å²) in [7, 11) is -4.00. The van der Waals surface area contributed by atoms with Gasteiger partial charge in [-0.05, 0) is 55.5 Å². The van der Waals surface area contributed by atoms with Gasteiger partial charge in [-0.15, -0.1) is 0 Å². The largest absolute Gasteiger partial charge is 0.436 e. The van der Waals surface area contributed by atoms with Crippen molar-refractivity contribution in [2.75, 3.05) is 0 Å². The number of ether oxygens (including phenoxy) is 2. The minimum atomic E-state index is -2.02. The van der Waals surface area contributed by atoms with Crippen LogP contribution in [0.5, 0.6) is 0 Å². The zero-order chi connectivity index (χ0) is 22.5. The lowest BCUT2D eigenvalue weighted by molar-refractivity contribution is -0.201. The number of carbonyl (C=O) groups is 1. The van der Waals surface area contributed by atoms with Crippen LogP contribution in [0.25, 0.3) is 0 Å². The highest BCUT2D eigenvalue weighted by molar-refractivity contribution is 6.74. The Kier molecular flexibility index (Phi) is 6.95. The molecule has 1 aliphatic carbocycles. The van der Waals surface area contributed by atoms with Gasteiger partial charge in [0, 0.05) is 13.3 Å². The molecule has 0 radical (unpaired) electrons. The average Bonchev–Trinajstić information content (AvgIpc) is 3.00. The Balaban J connectivity index is 2.36. The van der Waals surface area contributed by atoms with E-state index >= 15 is 0 Å². The first-order chi connectivity index (χ1) is 12.9. The Bertz CT molecular complexity index is 605. The van der Waals surface area contributed by atoms with Gasteiger partial charge in [0.25, 0.3) is 0 Å². The van der Waals surface area contributed by atoms with Crippen LogP contribution >= 0.6 is 0 Å². The predicted octanol–water partition coefficient (Wildman–Crippen LogP) is 6.00. The van der Waals surface area contributed by atoms with Crippen molar-refractivity contribution in [3.63, 3.8) is 0 Å². The third-order valence-electron chi connectivity index (χ3n) is 7.66. The van der Waals surface area contributed by atoms with Gasteiger partial charge >= 0.3 is 5.97 Å². The second-order valence-corrected chi connectivity index (χ2v) is 21.5. The second-order valence-electron chi connectivity index (χ2n) is 12.0. The van der Waals surface area contributed by atoms with E-state index in [9.17, 15) is 4.79 Å². The molecule has 0 aromatic heterocycles. The van der Waals surface area contributed by atoms with E-state index in [-0.39, 0.29) is 28.3 Å². The van der Waals surface area contributed by atoms with Crippen LogP contribution in [0.4, 0.5) is 0 Å². The normalized spacial score (nSPS) is 31.5. The lowest BCUT2D eigenvalue weighted by atomic mass is 9.93. The molecule has 29 heavy (non-hydrogen) atoms. The van der Waals surface area contributed by atoms with Gasteiger partial charge in [0.05, 0.1) is 12.2 Å². The van der Waals surface area contributed by atoms with Gasteiger partial charge in [-0.1, -0.05) is 41.5 Å². The maximum Gasteiger partial charge on any atom is 0.304 e. The first kappa shape index (κ1) is 25.0. The minimum absolute atomic E-state index is 0.0151. The van der Waals surface area contributed by atoms with E-state index in [1.165, 1.54) is 6.92 Å². The van der Waals surface area contributed by atoms with Gasteiger partial charge in [-0.25, -0.2) is 0 Å². The van der Waals surface area contributed by atoms with Crippen LogP contribution in [-0.2, 0) is 23.1 Å². The number of esters is 1. The van der Waals surface area contributed by atoms with Crippen LogP contribution in [0.3, 0.4) is 0 Å². The van der Waals surface area contributed by atoms with Crippen LogP contribution in [0.2, 0.25) is 36.3 Å². The molecule has 5 nitrogen and oxygen atoms in total. The maximum atomic E-state index is 11.6. The fourth-order valence-corrected chi connectivity index (χ4v) is 6.59. The fourth-order valence-electron chi connectivity index (χ4n) is 3.84. The topological polar surface area (TPSA) is 54.0 Å². The monoisotopic (exact) mass is 444 g/mol. The Labute approximate surface area is 180 Å². The third kappa shape index (κ3) is 5.17. The molecule has 0 aromatic carbocycles. The fraction of sp³-hybridized carbons (Fsp3) is 0.955. The molecule has 0 bridgehead atoms. The molecule has 1 heterocycles. The first-order valence-corrected chi connectivity index (χ1v) is 16.9. The zero-order valence-corrected chi connectivity index (χ0v) is 22.6. The smallest absolute Gasteiger partial charge is 0.304 e. The Hall–Kier alpha value is -0.216. The molecule has 1 saturated carbocycles. The summed E-state index contributed by atoms with van der Waals surface area (Å²) in [6.07, 6.45) is 2.82. The van der Waals surface area contributed by atoms with Gasteiger partial charge in [0.15, 0.2) is 16.6 Å². The molecule has 1 saturated heterocycles. The van der Waals surface area contributed by atoms with E-state index < -0.39 is 28.5 Å². The number of rotatable bonds is 5. The molecule has 2 aliphatic rings. The summed E-state index contributed by atoms with van der Waals surface area (Å²) in [5.74, 6) is -0.307. The summed E-state index contributed by atoms with van der Waals surface area (Å²) in [5.41, 5.74) is -0.523. The molecule has 1 unspecified atom stereocenters. The highest BCUT2D eigenvalue weighted by Crippen LogP contribution is 2.51. The summed E-state index contributed by atoms with van der Waals surface area (Å²) in [6, 6.07) is 0. The summed E-state index contributed by atoms with van der Waals surface area (Å²) >= 11 is 0. The second kappa shape index (κ2) is 8.04. The quantitative estimate of drug-likeness (QED) is 0.384. The van der Waals surface area contributed by atoms with Crippen molar-refractivity contribution in [3.05, 3.63) is 0 Å². The van der Waals surface area contributed by atoms with E-state index in [1.807, 2.05) is 0 Å². The lowest BCUT2D eigenvalue weighted by Crippen LogP contribution is -2.57. The van der Waals surface area contributed by atoms with Crippen LogP contribution in [0, 0.1) is 0 Å². The first-order valence-electron chi connectivity index (χ1n) is 11.1. The SMILES string of the molecule is CC(=O)OC1C[C@@H](O[Si](C)(C)C(C)(C)C)[C@]2(CCC[C@H]2O[Si](C)(C)C(C)(C)C)O1. The van der Waals surface area contributed by atoms with Crippen LogP contribution in [0.1, 0.15) is 74.1 Å². The maximum absolute atomic E-state index is 11.6. The van der Waals surface area contributed by atoms with Crippen molar-refractivity contribution >= 4 is 22.6 Å². The Morgan fingerprint density at radius 2 is 1.41 bits per heavy atom. The average molecular weight is 445 g/mol. The van der Waals surface area contributed by atoms with E-state index in [4.69, 9.17) is 18.3 Å². The molecule has 2 rings (SSSR count). The molecule has 0 N–H and O–H groups in total. The Morgan fingerprint density at radius 1 is 0.931 bits per heavy atom. The minimum Gasteiger partial charge on any atom is -0.436 e. The molecule has 4 atom stereocenters. The molecule has 2 fully saturated rings. The number of carbonyl (C=O) groups excluding carboxylic acids is 1. The van der Waals surface area contributed by atoms with Crippen molar-refractivity contribution in [3.8, 4) is 0 Å². The Morgan fingerprint density at radius 3 is 1.86 bits per heavy atom. The third-order valence-corrected chi connectivity index (χ3v) is 16.6. The van der Waals surface area contributed by atoms with E-state index in [1.54, 1.807) is 0 Å². The van der Waals surface area contributed by atoms with Gasteiger partial charge in [-0.3, -0.25) is 4.79 Å². The van der Waals surface area contributed by atoms with E-state index in [2.05, 4.69) is 67.7 Å². The molecule has 7 heteroatoms. The van der Waals surface area contributed by atoms with Gasteiger partial charge < -0.3 is 18.3 Å².